The summed E-state index contributed by atoms with van der Waals surface area (Å²) in [4.78, 5) is 11.5. The molecule has 0 aliphatic carbocycles. The van der Waals surface area contributed by atoms with Crippen LogP contribution in [0.15, 0.2) is 0 Å². The van der Waals surface area contributed by atoms with Crippen LogP contribution in [0.5, 0.6) is 0 Å². The quantitative estimate of drug-likeness (QED) is 0.597. The second-order valence-corrected chi connectivity index (χ2v) is 3.91. The van der Waals surface area contributed by atoms with Gasteiger partial charge in [0.2, 0.25) is 0 Å². The van der Waals surface area contributed by atoms with E-state index in [1.165, 1.54) is 0 Å². The van der Waals surface area contributed by atoms with E-state index in [9.17, 15) is 4.79 Å². The molecule has 0 aliphatic heterocycles. The molecule has 0 aliphatic rings. The molecule has 12 heavy (non-hydrogen) atoms. The number of rotatable bonds is 6. The number of hydrogen-bond acceptors (Lipinski definition) is 1. The first-order chi connectivity index (χ1) is 5.61. The Hall–Kier alpha value is -0.330. The van der Waals surface area contributed by atoms with Gasteiger partial charge >= 0.3 is 0 Å². The predicted octanol–water partition coefficient (Wildman–Crippen LogP) is 3.43. The molecule has 0 heterocycles. The standard InChI is InChI=1S/C11H22O/c1-5-10(6-2)11(12)8-7-9(3)4/h9-10H,5-8H2,1-4H3. The van der Waals surface area contributed by atoms with Crippen LogP contribution >= 0.6 is 0 Å². The Morgan fingerprint density at radius 1 is 1.17 bits per heavy atom. The van der Waals surface area contributed by atoms with Gasteiger partial charge < -0.3 is 0 Å². The Labute approximate surface area is 76.6 Å². The third-order valence-electron chi connectivity index (χ3n) is 2.41. The lowest BCUT2D eigenvalue weighted by Crippen LogP contribution is -2.13. The average Bonchev–Trinajstić information content (AvgIpc) is 2.03. The van der Waals surface area contributed by atoms with Crippen molar-refractivity contribution in [3.05, 3.63) is 0 Å². The minimum absolute atomic E-state index is 0.323. The van der Waals surface area contributed by atoms with E-state index in [-0.39, 0.29) is 0 Å². The SMILES string of the molecule is CCC(CC)C(=O)CCC(C)C. The van der Waals surface area contributed by atoms with Crippen molar-refractivity contribution in [2.45, 2.75) is 53.4 Å². The summed E-state index contributed by atoms with van der Waals surface area (Å²) >= 11 is 0. The maximum absolute atomic E-state index is 11.5. The molecule has 0 aromatic rings. The summed E-state index contributed by atoms with van der Waals surface area (Å²) in [5, 5.41) is 0. The first-order valence-electron chi connectivity index (χ1n) is 5.14. The summed E-state index contributed by atoms with van der Waals surface area (Å²) < 4.78 is 0. The number of hydrogen-bond donors (Lipinski definition) is 0. The van der Waals surface area contributed by atoms with E-state index in [4.69, 9.17) is 0 Å². The highest BCUT2D eigenvalue weighted by Crippen LogP contribution is 2.14. The summed E-state index contributed by atoms with van der Waals surface area (Å²) in [7, 11) is 0. The van der Waals surface area contributed by atoms with Crippen molar-refractivity contribution in [1.29, 1.82) is 0 Å². The maximum atomic E-state index is 11.5. The van der Waals surface area contributed by atoms with Gasteiger partial charge in [-0.25, -0.2) is 0 Å². The van der Waals surface area contributed by atoms with Crippen molar-refractivity contribution in [3.63, 3.8) is 0 Å². The molecule has 0 aromatic carbocycles. The largest absolute Gasteiger partial charge is 0.299 e. The monoisotopic (exact) mass is 170 g/mol. The normalized spacial score (nSPS) is 11.2. The molecule has 0 aromatic heterocycles. The molecule has 0 unspecified atom stereocenters. The van der Waals surface area contributed by atoms with Crippen LogP contribution in [0, 0.1) is 11.8 Å². The molecular weight excluding hydrogens is 148 g/mol. The number of Topliss-reactive ketones (excluding diaryl/α,β-unsaturated/α-hetero) is 1. The van der Waals surface area contributed by atoms with E-state index in [1.54, 1.807) is 0 Å². The Kier molecular flexibility index (Phi) is 6.04. The van der Waals surface area contributed by atoms with Gasteiger partial charge in [-0.1, -0.05) is 27.7 Å². The van der Waals surface area contributed by atoms with Crippen LogP contribution in [0.25, 0.3) is 0 Å². The zero-order valence-corrected chi connectivity index (χ0v) is 8.89. The van der Waals surface area contributed by atoms with Crippen molar-refractivity contribution in [1.82, 2.24) is 0 Å². The van der Waals surface area contributed by atoms with Crippen LogP contribution in [0.2, 0.25) is 0 Å². The topological polar surface area (TPSA) is 17.1 Å². The fourth-order valence-corrected chi connectivity index (χ4v) is 1.38. The molecule has 0 radical (unpaired) electrons. The summed E-state index contributed by atoms with van der Waals surface area (Å²) in [6, 6.07) is 0. The van der Waals surface area contributed by atoms with Crippen LogP contribution < -0.4 is 0 Å². The fraction of sp³-hybridized carbons (Fsp3) is 0.909. The molecule has 0 spiro atoms. The van der Waals surface area contributed by atoms with Crippen molar-refractivity contribution in [3.8, 4) is 0 Å². The van der Waals surface area contributed by atoms with E-state index in [0.29, 0.717) is 17.6 Å². The lowest BCUT2D eigenvalue weighted by molar-refractivity contribution is -0.123. The van der Waals surface area contributed by atoms with E-state index < -0.39 is 0 Å². The zero-order valence-electron chi connectivity index (χ0n) is 8.89. The predicted molar refractivity (Wildman–Crippen MR) is 53.2 cm³/mol. The molecule has 0 fully saturated rings. The minimum Gasteiger partial charge on any atom is -0.299 e. The number of ketones is 1. The molecule has 0 rings (SSSR count). The second-order valence-electron chi connectivity index (χ2n) is 3.91. The lowest BCUT2D eigenvalue weighted by Gasteiger charge is -2.11. The van der Waals surface area contributed by atoms with Gasteiger partial charge in [-0.2, -0.15) is 0 Å². The third kappa shape index (κ3) is 4.53. The van der Waals surface area contributed by atoms with Crippen LogP contribution in [-0.4, -0.2) is 5.78 Å². The molecule has 1 nitrogen and oxygen atoms in total. The number of carbonyl (C=O) groups is 1. The highest BCUT2D eigenvalue weighted by molar-refractivity contribution is 5.80. The van der Waals surface area contributed by atoms with E-state index in [2.05, 4.69) is 27.7 Å². The summed E-state index contributed by atoms with van der Waals surface area (Å²) in [5.41, 5.74) is 0. The summed E-state index contributed by atoms with van der Waals surface area (Å²) in [5.74, 6) is 1.45. The average molecular weight is 170 g/mol. The van der Waals surface area contributed by atoms with Crippen LogP contribution in [-0.2, 0) is 4.79 Å². The van der Waals surface area contributed by atoms with Gasteiger partial charge in [0.15, 0.2) is 0 Å². The number of carbonyl (C=O) groups excluding carboxylic acids is 1. The van der Waals surface area contributed by atoms with Gasteiger partial charge in [0.05, 0.1) is 0 Å². The van der Waals surface area contributed by atoms with Gasteiger partial charge in [0.1, 0.15) is 5.78 Å². The second kappa shape index (κ2) is 6.22. The lowest BCUT2D eigenvalue weighted by atomic mass is 9.93. The third-order valence-corrected chi connectivity index (χ3v) is 2.41. The molecule has 0 saturated carbocycles. The van der Waals surface area contributed by atoms with Crippen molar-refractivity contribution >= 4 is 5.78 Å². The molecular formula is C11H22O. The Balaban J connectivity index is 3.69. The molecule has 0 N–H and O–H groups in total. The van der Waals surface area contributed by atoms with Gasteiger partial charge in [-0.3, -0.25) is 4.79 Å². The van der Waals surface area contributed by atoms with Crippen LogP contribution in [0.1, 0.15) is 53.4 Å². The zero-order chi connectivity index (χ0) is 9.56. The van der Waals surface area contributed by atoms with Crippen LogP contribution in [0.4, 0.5) is 0 Å². The Morgan fingerprint density at radius 3 is 2.00 bits per heavy atom. The van der Waals surface area contributed by atoms with Gasteiger partial charge in [-0.15, -0.1) is 0 Å². The highest BCUT2D eigenvalue weighted by atomic mass is 16.1. The smallest absolute Gasteiger partial charge is 0.135 e. The van der Waals surface area contributed by atoms with E-state index in [1.807, 2.05) is 0 Å². The summed E-state index contributed by atoms with van der Waals surface area (Å²) in [6.07, 6.45) is 3.85. The van der Waals surface area contributed by atoms with Gasteiger partial charge in [0.25, 0.3) is 0 Å². The van der Waals surface area contributed by atoms with Crippen molar-refractivity contribution in [2.24, 2.45) is 11.8 Å². The van der Waals surface area contributed by atoms with Gasteiger partial charge in [0, 0.05) is 12.3 Å². The minimum atomic E-state index is 0.323. The Bertz CT molecular complexity index is 123. The van der Waals surface area contributed by atoms with Crippen molar-refractivity contribution < 1.29 is 4.79 Å². The highest BCUT2D eigenvalue weighted by Gasteiger charge is 2.13. The first-order valence-corrected chi connectivity index (χ1v) is 5.14. The first kappa shape index (κ1) is 11.7. The molecule has 0 amide bonds. The fourth-order valence-electron chi connectivity index (χ4n) is 1.38. The molecule has 1 heteroatoms. The van der Waals surface area contributed by atoms with E-state index in [0.717, 1.165) is 25.7 Å². The molecule has 0 saturated heterocycles. The Morgan fingerprint density at radius 2 is 1.67 bits per heavy atom. The van der Waals surface area contributed by atoms with Crippen molar-refractivity contribution in [2.75, 3.05) is 0 Å². The molecule has 72 valence electrons. The van der Waals surface area contributed by atoms with Crippen LogP contribution in [0.3, 0.4) is 0 Å². The molecule has 0 atom stereocenters. The molecule has 0 bridgehead atoms. The van der Waals surface area contributed by atoms with Gasteiger partial charge in [-0.05, 0) is 25.2 Å². The maximum Gasteiger partial charge on any atom is 0.135 e. The van der Waals surface area contributed by atoms with E-state index >= 15 is 0 Å². The summed E-state index contributed by atoms with van der Waals surface area (Å²) in [6.45, 7) is 8.53.